The number of carbonyl (C=O) groups is 1. The topological polar surface area (TPSA) is 75.5 Å². The SMILES string of the molecule is O=C(Cc1cn2c(CCN3CCOCC3)cc3cc(CN4CCOCC4)cc(c1=O)c32)NCc1ccc(Cl)cc1. The quantitative estimate of drug-likeness (QED) is 0.338. The van der Waals surface area contributed by atoms with E-state index in [-0.39, 0.29) is 17.8 Å². The summed E-state index contributed by atoms with van der Waals surface area (Å²) < 4.78 is 13.2. The van der Waals surface area contributed by atoms with E-state index in [0.29, 0.717) is 22.5 Å². The second kappa shape index (κ2) is 12.2. The van der Waals surface area contributed by atoms with Gasteiger partial charge in [-0.1, -0.05) is 23.7 Å². The monoisotopic (exact) mass is 562 g/mol. The molecule has 2 fully saturated rings. The molecule has 2 saturated heterocycles. The third-order valence-corrected chi connectivity index (χ3v) is 8.20. The van der Waals surface area contributed by atoms with Crippen LogP contribution < -0.4 is 10.7 Å². The predicted molar refractivity (Wildman–Crippen MR) is 156 cm³/mol. The van der Waals surface area contributed by atoms with Gasteiger partial charge in [0.1, 0.15) is 0 Å². The Bertz CT molecular complexity index is 1520. The van der Waals surface area contributed by atoms with E-state index in [2.05, 4.69) is 31.7 Å². The van der Waals surface area contributed by atoms with Crippen molar-refractivity contribution in [1.82, 2.24) is 19.5 Å². The Hall–Kier alpha value is -3.01. The van der Waals surface area contributed by atoms with Crippen LogP contribution in [0, 0.1) is 0 Å². The van der Waals surface area contributed by atoms with E-state index < -0.39 is 0 Å². The van der Waals surface area contributed by atoms with Gasteiger partial charge in [-0.25, -0.2) is 0 Å². The second-order valence-electron chi connectivity index (χ2n) is 10.7. The Kier molecular flexibility index (Phi) is 8.32. The van der Waals surface area contributed by atoms with E-state index in [0.717, 1.165) is 99.8 Å². The average molecular weight is 563 g/mol. The lowest BCUT2D eigenvalue weighted by molar-refractivity contribution is -0.120. The van der Waals surface area contributed by atoms with Gasteiger partial charge in [0.25, 0.3) is 0 Å². The van der Waals surface area contributed by atoms with E-state index in [1.165, 1.54) is 0 Å². The number of amides is 1. The maximum atomic E-state index is 13.8. The van der Waals surface area contributed by atoms with Crippen molar-refractivity contribution in [3.63, 3.8) is 0 Å². The van der Waals surface area contributed by atoms with E-state index in [4.69, 9.17) is 21.1 Å². The van der Waals surface area contributed by atoms with Crippen molar-refractivity contribution in [2.45, 2.75) is 25.9 Å². The van der Waals surface area contributed by atoms with Gasteiger partial charge >= 0.3 is 0 Å². The molecule has 0 saturated carbocycles. The largest absolute Gasteiger partial charge is 0.379 e. The van der Waals surface area contributed by atoms with Gasteiger partial charge in [0, 0.05) is 85.5 Å². The first-order valence-electron chi connectivity index (χ1n) is 14.1. The summed E-state index contributed by atoms with van der Waals surface area (Å²) in [7, 11) is 0. The summed E-state index contributed by atoms with van der Waals surface area (Å²) in [6.07, 6.45) is 2.77. The van der Waals surface area contributed by atoms with Crippen LogP contribution in [-0.2, 0) is 40.2 Å². The van der Waals surface area contributed by atoms with Crippen molar-refractivity contribution < 1.29 is 14.3 Å². The minimum absolute atomic E-state index is 0.0299. The first-order valence-corrected chi connectivity index (χ1v) is 14.4. The molecule has 1 amide bonds. The van der Waals surface area contributed by atoms with Gasteiger partial charge in [0.05, 0.1) is 38.4 Å². The number of ether oxygens (including phenoxy) is 2. The number of benzene rings is 2. The zero-order valence-corrected chi connectivity index (χ0v) is 23.4. The molecule has 0 radical (unpaired) electrons. The highest BCUT2D eigenvalue weighted by molar-refractivity contribution is 6.30. The molecule has 2 aromatic heterocycles. The number of nitrogens with one attached hydrogen (secondary N) is 1. The predicted octanol–water partition coefficient (Wildman–Crippen LogP) is 3.11. The van der Waals surface area contributed by atoms with Gasteiger partial charge in [-0.2, -0.15) is 0 Å². The van der Waals surface area contributed by atoms with Crippen LogP contribution >= 0.6 is 11.6 Å². The first kappa shape index (κ1) is 27.2. The van der Waals surface area contributed by atoms with Crippen LogP contribution in [-0.4, -0.2) is 79.3 Å². The Morgan fingerprint density at radius 3 is 2.33 bits per heavy atom. The summed E-state index contributed by atoms with van der Waals surface area (Å²) in [6.45, 7) is 8.70. The van der Waals surface area contributed by atoms with Crippen molar-refractivity contribution in [1.29, 1.82) is 0 Å². The van der Waals surface area contributed by atoms with Gasteiger partial charge < -0.3 is 19.2 Å². The molecule has 6 rings (SSSR count). The highest BCUT2D eigenvalue weighted by Crippen LogP contribution is 2.27. The fourth-order valence-electron chi connectivity index (χ4n) is 5.76. The molecule has 0 unspecified atom stereocenters. The third kappa shape index (κ3) is 6.16. The van der Waals surface area contributed by atoms with Crippen molar-refractivity contribution in [2.24, 2.45) is 0 Å². The van der Waals surface area contributed by atoms with Crippen molar-refractivity contribution in [2.75, 3.05) is 59.2 Å². The summed E-state index contributed by atoms with van der Waals surface area (Å²) in [4.78, 5) is 31.5. The summed E-state index contributed by atoms with van der Waals surface area (Å²) in [5.41, 5.74) is 4.60. The Labute approximate surface area is 238 Å². The van der Waals surface area contributed by atoms with E-state index in [9.17, 15) is 9.59 Å². The average Bonchev–Trinajstić information content (AvgIpc) is 3.32. The maximum absolute atomic E-state index is 13.8. The van der Waals surface area contributed by atoms with Crippen LogP contribution in [0.2, 0.25) is 5.02 Å². The number of nitrogens with zero attached hydrogens (tertiary/aromatic N) is 3. The zero-order valence-electron chi connectivity index (χ0n) is 22.7. The summed E-state index contributed by atoms with van der Waals surface area (Å²) in [5, 5.41) is 5.37. The highest BCUT2D eigenvalue weighted by atomic mass is 35.5. The molecule has 2 aliphatic heterocycles. The van der Waals surface area contributed by atoms with Gasteiger partial charge in [-0.3, -0.25) is 19.4 Å². The summed E-state index contributed by atoms with van der Waals surface area (Å²) in [6, 6.07) is 13.8. The number of aromatic nitrogens is 1. The molecule has 2 aliphatic rings. The lowest BCUT2D eigenvalue weighted by atomic mass is 10.0. The molecule has 8 nitrogen and oxygen atoms in total. The number of carbonyl (C=O) groups excluding carboxylic acids is 1. The minimum Gasteiger partial charge on any atom is -0.379 e. The second-order valence-corrected chi connectivity index (χ2v) is 11.2. The van der Waals surface area contributed by atoms with Gasteiger partial charge in [0.15, 0.2) is 5.43 Å². The number of pyridine rings is 1. The first-order chi connectivity index (χ1) is 19.5. The fraction of sp³-hybridized carbons (Fsp3) is 0.419. The molecule has 4 aromatic rings. The molecule has 1 N–H and O–H groups in total. The van der Waals surface area contributed by atoms with Crippen LogP contribution in [0.15, 0.2) is 53.5 Å². The lowest BCUT2D eigenvalue weighted by Gasteiger charge is -2.26. The van der Waals surface area contributed by atoms with Crippen LogP contribution in [0.4, 0.5) is 0 Å². The van der Waals surface area contributed by atoms with Gasteiger partial charge in [-0.15, -0.1) is 0 Å². The molecule has 2 aromatic carbocycles. The van der Waals surface area contributed by atoms with Crippen molar-refractivity contribution in [3.05, 3.63) is 86.3 Å². The Balaban J connectivity index is 1.30. The minimum atomic E-state index is -0.180. The third-order valence-electron chi connectivity index (χ3n) is 7.94. The molecule has 0 spiro atoms. The summed E-state index contributed by atoms with van der Waals surface area (Å²) >= 11 is 5.98. The summed E-state index contributed by atoms with van der Waals surface area (Å²) in [5.74, 6) is -0.180. The number of hydrogen-bond donors (Lipinski definition) is 1. The smallest absolute Gasteiger partial charge is 0.224 e. The van der Waals surface area contributed by atoms with Gasteiger partial charge in [-0.05, 0) is 41.5 Å². The molecule has 40 heavy (non-hydrogen) atoms. The molecule has 210 valence electrons. The van der Waals surface area contributed by atoms with Crippen LogP contribution in [0.3, 0.4) is 0 Å². The van der Waals surface area contributed by atoms with Gasteiger partial charge in [0.2, 0.25) is 5.91 Å². The zero-order chi connectivity index (χ0) is 27.5. The van der Waals surface area contributed by atoms with Crippen LogP contribution in [0.25, 0.3) is 16.3 Å². The molecule has 9 heteroatoms. The molecule has 0 aliphatic carbocycles. The Morgan fingerprint density at radius 2 is 1.60 bits per heavy atom. The Morgan fingerprint density at radius 1 is 0.900 bits per heavy atom. The maximum Gasteiger partial charge on any atom is 0.224 e. The standard InChI is InChI=1S/C31H35ClN4O4/c32-26-3-1-22(2-4-26)19-33-29(37)18-25-21-36-27(5-6-34-7-11-39-12-8-34)17-24-15-23(16-28(30(24)36)31(25)38)20-35-9-13-40-14-10-35/h1-4,15-17,21H,5-14,18-20H2,(H,33,37). The highest BCUT2D eigenvalue weighted by Gasteiger charge is 2.20. The number of rotatable bonds is 9. The normalized spacial score (nSPS) is 17.1. The molecule has 4 heterocycles. The molecule has 0 bridgehead atoms. The molecule has 0 atom stereocenters. The van der Waals surface area contributed by atoms with Crippen LogP contribution in [0.5, 0.6) is 0 Å². The van der Waals surface area contributed by atoms with E-state index in [1.807, 2.05) is 24.4 Å². The van der Waals surface area contributed by atoms with E-state index >= 15 is 0 Å². The number of morpholine rings is 2. The van der Waals surface area contributed by atoms with Crippen molar-refractivity contribution >= 4 is 33.8 Å². The molecular weight excluding hydrogens is 528 g/mol. The lowest BCUT2D eigenvalue weighted by Crippen LogP contribution is -2.37. The molecular formula is C31H35ClN4O4. The van der Waals surface area contributed by atoms with Crippen LogP contribution in [0.1, 0.15) is 22.4 Å². The van der Waals surface area contributed by atoms with Crippen molar-refractivity contribution in [3.8, 4) is 0 Å². The number of hydrogen-bond acceptors (Lipinski definition) is 6. The van der Waals surface area contributed by atoms with E-state index in [1.54, 1.807) is 12.1 Å². The number of halogens is 1. The fourth-order valence-corrected chi connectivity index (χ4v) is 5.89.